The molecule has 52 valence electrons. The third-order valence-corrected chi connectivity index (χ3v) is 1.84. The Balaban J connectivity index is 0.000000640. The van der Waals surface area contributed by atoms with E-state index in [1.807, 2.05) is 12.4 Å². The van der Waals surface area contributed by atoms with Gasteiger partial charge in [0.25, 0.3) is 0 Å². The number of nitrogens with zero attached hydrogens (tertiary/aromatic N) is 1. The van der Waals surface area contributed by atoms with Gasteiger partial charge in [0.05, 0.1) is 11.2 Å². The molecule has 1 rings (SSSR count). The number of aromatic nitrogens is 1. The summed E-state index contributed by atoms with van der Waals surface area (Å²) in [6, 6.07) is 0. The van der Waals surface area contributed by atoms with Crippen molar-refractivity contribution < 1.29 is 0 Å². The Morgan fingerprint density at radius 1 is 1.78 bits per heavy atom. The number of hydrogen-bond donors (Lipinski definition) is 1. The summed E-state index contributed by atoms with van der Waals surface area (Å²) >= 11 is 1.64. The third-order valence-electron chi connectivity index (χ3n) is 1.04. The molecule has 1 aromatic heterocycles. The van der Waals surface area contributed by atoms with E-state index >= 15 is 0 Å². The van der Waals surface area contributed by atoms with E-state index in [9.17, 15) is 0 Å². The molecular formula is C5H9ClN2S. The van der Waals surface area contributed by atoms with E-state index in [2.05, 4.69) is 4.98 Å². The maximum Gasteiger partial charge on any atom is 0.0798 e. The van der Waals surface area contributed by atoms with Crippen LogP contribution < -0.4 is 5.73 Å². The van der Waals surface area contributed by atoms with Gasteiger partial charge in [-0.25, -0.2) is 4.98 Å². The summed E-state index contributed by atoms with van der Waals surface area (Å²) in [7, 11) is 0. The summed E-state index contributed by atoms with van der Waals surface area (Å²) in [6.45, 7) is 2.59. The molecule has 1 heterocycles. The van der Waals surface area contributed by atoms with E-state index in [0.29, 0.717) is 6.54 Å². The van der Waals surface area contributed by atoms with E-state index in [-0.39, 0.29) is 12.4 Å². The van der Waals surface area contributed by atoms with Gasteiger partial charge in [-0.1, -0.05) is 0 Å². The number of halogens is 1. The minimum Gasteiger partial charge on any atom is -0.325 e. The van der Waals surface area contributed by atoms with Gasteiger partial charge in [0.15, 0.2) is 0 Å². The van der Waals surface area contributed by atoms with Gasteiger partial charge in [0.1, 0.15) is 0 Å². The van der Waals surface area contributed by atoms with Crippen LogP contribution in [0.5, 0.6) is 0 Å². The standard InChI is InChI=1S/C5H8N2S.ClH/c1-4-5(2-6)7-3-8-4;/h3H,2,6H2,1H3;1H. The van der Waals surface area contributed by atoms with Crippen LogP contribution in [0.1, 0.15) is 10.6 Å². The Labute approximate surface area is 64.5 Å². The van der Waals surface area contributed by atoms with Crippen molar-refractivity contribution in [2.75, 3.05) is 0 Å². The topological polar surface area (TPSA) is 38.9 Å². The van der Waals surface area contributed by atoms with Crippen LogP contribution in [0.25, 0.3) is 0 Å². The Kier molecular flexibility index (Phi) is 3.77. The van der Waals surface area contributed by atoms with Gasteiger partial charge >= 0.3 is 0 Å². The third kappa shape index (κ3) is 1.93. The van der Waals surface area contributed by atoms with Gasteiger partial charge in [0, 0.05) is 11.4 Å². The molecule has 0 aliphatic rings. The highest BCUT2D eigenvalue weighted by Crippen LogP contribution is 2.08. The minimum atomic E-state index is 0. The molecule has 0 atom stereocenters. The van der Waals surface area contributed by atoms with Crippen LogP contribution in [0.3, 0.4) is 0 Å². The fourth-order valence-corrected chi connectivity index (χ4v) is 1.13. The van der Waals surface area contributed by atoms with E-state index in [1.54, 1.807) is 11.3 Å². The van der Waals surface area contributed by atoms with Crippen molar-refractivity contribution >= 4 is 23.7 Å². The molecule has 2 nitrogen and oxygen atoms in total. The highest BCUT2D eigenvalue weighted by atomic mass is 35.5. The lowest BCUT2D eigenvalue weighted by Gasteiger charge is -1.86. The van der Waals surface area contributed by atoms with E-state index in [1.165, 1.54) is 4.88 Å². The SMILES string of the molecule is Cc1scnc1CN.Cl. The molecule has 0 radical (unpaired) electrons. The molecule has 0 aromatic carbocycles. The lowest BCUT2D eigenvalue weighted by atomic mass is 10.4. The Morgan fingerprint density at radius 3 is 2.67 bits per heavy atom. The summed E-state index contributed by atoms with van der Waals surface area (Å²) in [6.07, 6.45) is 0. The van der Waals surface area contributed by atoms with Crippen LogP contribution in [-0.2, 0) is 6.54 Å². The van der Waals surface area contributed by atoms with Crippen LogP contribution in [0.15, 0.2) is 5.51 Å². The van der Waals surface area contributed by atoms with Gasteiger partial charge in [0.2, 0.25) is 0 Å². The zero-order valence-corrected chi connectivity index (χ0v) is 6.76. The molecule has 0 aliphatic heterocycles. The smallest absolute Gasteiger partial charge is 0.0798 e. The molecule has 0 fully saturated rings. The minimum absolute atomic E-state index is 0. The van der Waals surface area contributed by atoms with E-state index in [0.717, 1.165) is 5.69 Å². The van der Waals surface area contributed by atoms with Crippen LogP contribution >= 0.6 is 23.7 Å². The maximum absolute atomic E-state index is 5.34. The highest BCUT2D eigenvalue weighted by molar-refractivity contribution is 7.09. The average molecular weight is 165 g/mol. The molecule has 2 N–H and O–H groups in total. The molecular weight excluding hydrogens is 156 g/mol. The predicted molar refractivity (Wildman–Crippen MR) is 42.0 cm³/mol. The first-order chi connectivity index (χ1) is 3.84. The lowest BCUT2D eigenvalue weighted by molar-refractivity contribution is 0.997. The predicted octanol–water partition coefficient (Wildman–Crippen LogP) is 1.33. The Morgan fingerprint density at radius 2 is 2.44 bits per heavy atom. The molecule has 1 aromatic rings. The summed E-state index contributed by atoms with van der Waals surface area (Å²) in [5.41, 5.74) is 8.18. The largest absolute Gasteiger partial charge is 0.325 e. The molecule has 0 amide bonds. The summed E-state index contributed by atoms with van der Waals surface area (Å²) in [5, 5.41) is 0. The van der Waals surface area contributed by atoms with Crippen molar-refractivity contribution in [1.29, 1.82) is 0 Å². The van der Waals surface area contributed by atoms with E-state index in [4.69, 9.17) is 5.73 Å². The Bertz CT molecular complexity index is 175. The molecule has 0 saturated heterocycles. The molecule has 0 saturated carbocycles. The first kappa shape index (κ1) is 8.88. The molecule has 0 aliphatic carbocycles. The number of aryl methyl sites for hydroxylation is 1. The van der Waals surface area contributed by atoms with Crippen molar-refractivity contribution in [3.8, 4) is 0 Å². The van der Waals surface area contributed by atoms with Crippen molar-refractivity contribution in [2.45, 2.75) is 13.5 Å². The average Bonchev–Trinajstić information content (AvgIpc) is 2.14. The zero-order valence-electron chi connectivity index (χ0n) is 5.13. The van der Waals surface area contributed by atoms with Gasteiger partial charge in [-0.2, -0.15) is 0 Å². The quantitative estimate of drug-likeness (QED) is 0.681. The number of hydrogen-bond acceptors (Lipinski definition) is 3. The second-order valence-corrected chi connectivity index (χ2v) is 2.62. The van der Waals surface area contributed by atoms with Crippen molar-refractivity contribution in [3.05, 3.63) is 16.1 Å². The lowest BCUT2D eigenvalue weighted by Crippen LogP contribution is -1.97. The van der Waals surface area contributed by atoms with Gasteiger partial charge in [-0.15, -0.1) is 23.7 Å². The van der Waals surface area contributed by atoms with Crippen LogP contribution in [0, 0.1) is 6.92 Å². The van der Waals surface area contributed by atoms with Crippen LogP contribution in [0.2, 0.25) is 0 Å². The normalized spacial score (nSPS) is 8.67. The molecule has 0 unspecified atom stereocenters. The summed E-state index contributed by atoms with van der Waals surface area (Å²) in [5.74, 6) is 0. The fraction of sp³-hybridized carbons (Fsp3) is 0.400. The Hall–Kier alpha value is -0.120. The highest BCUT2D eigenvalue weighted by Gasteiger charge is 1.94. The number of nitrogens with two attached hydrogens (primary N) is 1. The molecule has 0 spiro atoms. The van der Waals surface area contributed by atoms with Gasteiger partial charge < -0.3 is 5.73 Å². The summed E-state index contributed by atoms with van der Waals surface area (Å²) in [4.78, 5) is 5.26. The second kappa shape index (κ2) is 3.82. The van der Waals surface area contributed by atoms with E-state index < -0.39 is 0 Å². The molecule has 9 heavy (non-hydrogen) atoms. The van der Waals surface area contributed by atoms with Gasteiger partial charge in [-0.3, -0.25) is 0 Å². The van der Waals surface area contributed by atoms with Crippen LogP contribution in [0.4, 0.5) is 0 Å². The zero-order chi connectivity index (χ0) is 5.98. The number of thiazole rings is 1. The maximum atomic E-state index is 5.34. The van der Waals surface area contributed by atoms with Crippen molar-refractivity contribution in [3.63, 3.8) is 0 Å². The molecule has 0 bridgehead atoms. The first-order valence-corrected chi connectivity index (χ1v) is 3.31. The monoisotopic (exact) mass is 164 g/mol. The van der Waals surface area contributed by atoms with Crippen LogP contribution in [-0.4, -0.2) is 4.98 Å². The first-order valence-electron chi connectivity index (χ1n) is 2.43. The van der Waals surface area contributed by atoms with Gasteiger partial charge in [-0.05, 0) is 6.92 Å². The molecule has 4 heteroatoms. The van der Waals surface area contributed by atoms with Crippen molar-refractivity contribution in [2.24, 2.45) is 5.73 Å². The fourth-order valence-electron chi connectivity index (χ4n) is 0.524. The second-order valence-electron chi connectivity index (χ2n) is 1.56. The van der Waals surface area contributed by atoms with Crippen molar-refractivity contribution in [1.82, 2.24) is 4.98 Å². The summed E-state index contributed by atoms with van der Waals surface area (Å²) < 4.78 is 0. The number of rotatable bonds is 1.